The number of alkyl halides is 1. The summed E-state index contributed by atoms with van der Waals surface area (Å²) in [5.74, 6) is -4.44. The summed E-state index contributed by atoms with van der Waals surface area (Å²) in [6.45, 7) is 3.73. The smallest absolute Gasteiger partial charge is 0.258 e. The summed E-state index contributed by atoms with van der Waals surface area (Å²) >= 11 is 42.9. The number of nitrogens with one attached hydrogen (secondary N) is 4. The third kappa shape index (κ3) is 13.9. The number of nitrogens with zero attached hydrogens (tertiary/aromatic N) is 4. The van der Waals surface area contributed by atoms with Crippen LogP contribution < -0.4 is 26.0 Å². The lowest BCUT2D eigenvalue weighted by Crippen LogP contribution is -2.32. The Balaban J connectivity index is 1.29. The molecule has 0 saturated carbocycles. The molecule has 0 fully saturated rings. The number of amides is 4. The number of hydrogen-bond acceptors (Lipinski definition) is 11. The molecule has 22 heteroatoms. The number of rotatable bonds is 16. The van der Waals surface area contributed by atoms with Crippen LogP contribution in [0.15, 0.2) is 111 Å². The Hall–Kier alpha value is -5.65. The molecule has 3 atom stereocenters. The zero-order chi connectivity index (χ0) is 46.8. The maximum atomic E-state index is 13.5. The standard InChI is InChI=1S/C42H31Cl7N8O7/c1-19(58)37(56-54-29-12-22(10-26(46)14-29)39(60)51-33-7-4-24(44)16-31(33)48)41(62)50-28-6-9-35(36(18-28)64-21(3)43)53-42(63)38(20(2)59)57-55-30-13-23(11-27(47)15-30)40(61)52-34-8-5-25(45)17-32(34)49/h4-18,21,37-38H,1-3H3,(H,50,62)(H,51,60)(H,52,61)(H,53,63). The molecule has 330 valence electrons. The van der Waals surface area contributed by atoms with Crippen LogP contribution in [0.25, 0.3) is 0 Å². The van der Waals surface area contributed by atoms with Crippen LogP contribution in [0, 0.1) is 0 Å². The van der Waals surface area contributed by atoms with Gasteiger partial charge in [0.2, 0.25) is 12.1 Å². The van der Waals surface area contributed by atoms with Crippen LogP contribution in [-0.4, -0.2) is 52.8 Å². The largest absolute Gasteiger partial charge is 0.473 e. The van der Waals surface area contributed by atoms with Gasteiger partial charge in [0.1, 0.15) is 5.75 Å². The Morgan fingerprint density at radius 3 is 1.38 bits per heavy atom. The zero-order valence-electron chi connectivity index (χ0n) is 33.2. The molecule has 0 spiro atoms. The first-order valence-electron chi connectivity index (χ1n) is 18.3. The average molecular weight is 1010 g/mol. The molecular weight excluding hydrogens is 977 g/mol. The Kier molecular flexibility index (Phi) is 17.2. The molecule has 0 aliphatic carbocycles. The van der Waals surface area contributed by atoms with E-state index in [4.69, 9.17) is 85.9 Å². The molecule has 4 amide bonds. The van der Waals surface area contributed by atoms with Crippen LogP contribution in [0.1, 0.15) is 41.5 Å². The summed E-state index contributed by atoms with van der Waals surface area (Å²) in [4.78, 5) is 78.1. The molecule has 0 aliphatic heterocycles. The van der Waals surface area contributed by atoms with Gasteiger partial charge < -0.3 is 26.0 Å². The molecule has 5 aromatic carbocycles. The molecule has 0 aromatic heterocycles. The lowest BCUT2D eigenvalue weighted by atomic mass is 10.1. The lowest BCUT2D eigenvalue weighted by molar-refractivity contribution is -0.127. The average Bonchev–Trinajstić information content (AvgIpc) is 3.20. The fourth-order valence-corrected chi connectivity index (χ4v) is 6.84. The van der Waals surface area contributed by atoms with Crippen molar-refractivity contribution >= 4 is 151 Å². The zero-order valence-corrected chi connectivity index (χ0v) is 38.5. The molecule has 0 bridgehead atoms. The number of azo groups is 2. The van der Waals surface area contributed by atoms with E-state index in [1.165, 1.54) is 85.8 Å². The summed E-state index contributed by atoms with van der Waals surface area (Å²) in [6, 6.07) is 17.8. The molecule has 0 heterocycles. The highest BCUT2D eigenvalue weighted by atomic mass is 35.5. The van der Waals surface area contributed by atoms with Crippen molar-refractivity contribution in [2.75, 3.05) is 21.3 Å². The summed E-state index contributed by atoms with van der Waals surface area (Å²) in [5, 5.41) is 27.6. The SMILES string of the molecule is CC(=O)C(N=Nc1cc(Cl)cc(C(=O)Nc2ccc(Cl)cc2Cl)c1)C(=O)Nc1ccc(NC(=O)C(N=Nc2cc(Cl)cc(C(=O)Nc3ccc(Cl)cc3Cl)c2)C(C)=O)c(OC(C)Cl)c1. The van der Waals surface area contributed by atoms with Crippen LogP contribution in [0.3, 0.4) is 0 Å². The highest BCUT2D eigenvalue weighted by Crippen LogP contribution is 2.32. The van der Waals surface area contributed by atoms with Gasteiger partial charge in [-0.15, -0.1) is 0 Å². The van der Waals surface area contributed by atoms with Crippen LogP contribution in [0.2, 0.25) is 30.1 Å². The van der Waals surface area contributed by atoms with Gasteiger partial charge in [-0.2, -0.15) is 20.5 Å². The summed E-state index contributed by atoms with van der Waals surface area (Å²) in [6.07, 6.45) is 0. The highest BCUT2D eigenvalue weighted by Gasteiger charge is 2.27. The second kappa shape index (κ2) is 22.3. The number of halogens is 7. The van der Waals surface area contributed by atoms with Crippen LogP contribution in [0.5, 0.6) is 5.75 Å². The van der Waals surface area contributed by atoms with Crippen molar-refractivity contribution in [2.24, 2.45) is 20.5 Å². The van der Waals surface area contributed by atoms with Gasteiger partial charge in [-0.05, 0) is 106 Å². The number of benzene rings is 5. The Morgan fingerprint density at radius 2 is 0.953 bits per heavy atom. The predicted octanol–water partition coefficient (Wildman–Crippen LogP) is 12.4. The predicted molar refractivity (Wildman–Crippen MR) is 249 cm³/mol. The third-order valence-electron chi connectivity index (χ3n) is 8.29. The van der Waals surface area contributed by atoms with Crippen molar-refractivity contribution in [2.45, 2.75) is 38.4 Å². The normalized spacial score (nSPS) is 12.6. The van der Waals surface area contributed by atoms with E-state index in [2.05, 4.69) is 41.7 Å². The molecule has 64 heavy (non-hydrogen) atoms. The second-order valence-corrected chi connectivity index (χ2v) is 16.5. The van der Waals surface area contributed by atoms with Gasteiger partial charge in [-0.25, -0.2) is 0 Å². The molecule has 3 unspecified atom stereocenters. The van der Waals surface area contributed by atoms with E-state index in [0.29, 0.717) is 10.0 Å². The Labute approximate surface area is 399 Å². The highest BCUT2D eigenvalue weighted by molar-refractivity contribution is 6.38. The maximum absolute atomic E-state index is 13.5. The summed E-state index contributed by atoms with van der Waals surface area (Å²) < 4.78 is 5.67. The van der Waals surface area contributed by atoms with Crippen LogP contribution >= 0.6 is 81.2 Å². The van der Waals surface area contributed by atoms with Crippen molar-refractivity contribution in [3.8, 4) is 5.75 Å². The monoisotopic (exact) mass is 1000 g/mol. The van der Waals surface area contributed by atoms with Crippen molar-refractivity contribution in [1.82, 2.24) is 0 Å². The fourth-order valence-electron chi connectivity index (χ4n) is 5.37. The number of carbonyl (C=O) groups is 6. The van der Waals surface area contributed by atoms with Gasteiger partial charge in [0.15, 0.2) is 17.1 Å². The third-order valence-corrected chi connectivity index (χ3v) is 9.91. The van der Waals surface area contributed by atoms with Crippen molar-refractivity contribution < 1.29 is 33.5 Å². The molecule has 0 radical (unpaired) electrons. The minimum atomic E-state index is -1.68. The van der Waals surface area contributed by atoms with Crippen molar-refractivity contribution in [3.63, 3.8) is 0 Å². The van der Waals surface area contributed by atoms with Crippen molar-refractivity contribution in [1.29, 1.82) is 0 Å². The number of hydrogen-bond donors (Lipinski definition) is 4. The van der Waals surface area contributed by atoms with E-state index in [0.717, 1.165) is 13.8 Å². The molecule has 5 rings (SSSR count). The van der Waals surface area contributed by atoms with Gasteiger partial charge in [-0.1, -0.05) is 81.2 Å². The van der Waals surface area contributed by atoms with Crippen LogP contribution in [0.4, 0.5) is 34.1 Å². The van der Waals surface area contributed by atoms with Gasteiger partial charge in [0.05, 0.1) is 38.5 Å². The number of Topliss-reactive ketones (excluding diaryl/α,β-unsaturated/α-hetero) is 2. The van der Waals surface area contributed by atoms with E-state index < -0.39 is 52.8 Å². The molecular formula is C42H31Cl7N8O7. The van der Waals surface area contributed by atoms with Gasteiger partial charge in [-0.3, -0.25) is 28.8 Å². The van der Waals surface area contributed by atoms with Gasteiger partial charge >= 0.3 is 0 Å². The maximum Gasteiger partial charge on any atom is 0.258 e. The quantitative estimate of drug-likeness (QED) is 0.0426. The number of ketones is 2. The fraction of sp³-hybridized carbons (Fsp3) is 0.143. The first-order valence-corrected chi connectivity index (χ1v) is 21.0. The van der Waals surface area contributed by atoms with E-state index in [9.17, 15) is 28.8 Å². The molecule has 4 N–H and O–H groups in total. The number of ether oxygens (including phenoxy) is 1. The molecule has 0 saturated heterocycles. The number of anilines is 4. The molecule has 0 aliphatic rings. The van der Waals surface area contributed by atoms with Crippen molar-refractivity contribution in [3.05, 3.63) is 132 Å². The van der Waals surface area contributed by atoms with E-state index in [1.54, 1.807) is 12.1 Å². The van der Waals surface area contributed by atoms with Crippen LogP contribution in [-0.2, 0) is 19.2 Å². The minimum absolute atomic E-state index is 0.0152. The minimum Gasteiger partial charge on any atom is -0.473 e. The van der Waals surface area contributed by atoms with E-state index in [-0.39, 0.29) is 71.1 Å². The Bertz CT molecular complexity index is 2740. The van der Waals surface area contributed by atoms with Gasteiger partial charge in [0.25, 0.3) is 23.6 Å². The number of carbonyl (C=O) groups excluding carboxylic acids is 6. The summed E-state index contributed by atoms with van der Waals surface area (Å²) in [7, 11) is 0. The summed E-state index contributed by atoms with van der Waals surface area (Å²) in [5.41, 5.74) is -0.0513. The van der Waals surface area contributed by atoms with E-state index >= 15 is 0 Å². The first kappa shape index (κ1) is 49.4. The van der Waals surface area contributed by atoms with E-state index in [1.807, 2.05) is 0 Å². The van der Waals surface area contributed by atoms with Gasteiger partial charge in [0, 0.05) is 43.0 Å². The topological polar surface area (TPSA) is 209 Å². The second-order valence-electron chi connectivity index (χ2n) is 13.4. The molecule has 15 nitrogen and oxygen atoms in total. The lowest BCUT2D eigenvalue weighted by Gasteiger charge is -2.17. The Morgan fingerprint density at radius 1 is 0.516 bits per heavy atom. The first-order chi connectivity index (χ1) is 30.3. The molecule has 5 aromatic rings.